The summed E-state index contributed by atoms with van der Waals surface area (Å²) in [6.07, 6.45) is 2.13. The van der Waals surface area contributed by atoms with E-state index in [1.165, 1.54) is 0 Å². The molecule has 1 amide bonds. The highest BCUT2D eigenvalue weighted by molar-refractivity contribution is 14.1. The van der Waals surface area contributed by atoms with Crippen molar-refractivity contribution in [3.63, 3.8) is 0 Å². The Hall–Kier alpha value is -0.620. The van der Waals surface area contributed by atoms with Gasteiger partial charge in [0.05, 0.1) is 5.56 Å². The molecule has 0 heterocycles. The van der Waals surface area contributed by atoms with Gasteiger partial charge in [-0.2, -0.15) is 0 Å². The lowest BCUT2D eigenvalue weighted by atomic mass is 10.1. The van der Waals surface area contributed by atoms with Gasteiger partial charge in [-0.05, 0) is 74.6 Å². The Morgan fingerprint density at radius 3 is 2.72 bits per heavy atom. The highest BCUT2D eigenvalue weighted by Crippen LogP contribution is 2.16. The van der Waals surface area contributed by atoms with Crippen molar-refractivity contribution in [2.24, 2.45) is 0 Å². The molecule has 0 atom stereocenters. The van der Waals surface area contributed by atoms with Crippen LogP contribution in [0.3, 0.4) is 0 Å². The number of hydrogen-bond acceptors (Lipinski definition) is 2. The molecule has 3 nitrogen and oxygen atoms in total. The molecule has 0 aliphatic heterocycles. The van der Waals surface area contributed by atoms with Crippen LogP contribution in [0.5, 0.6) is 0 Å². The lowest BCUT2D eigenvalue weighted by molar-refractivity contribution is 0.0952. The predicted octanol–water partition coefficient (Wildman–Crippen LogP) is 2.67. The van der Waals surface area contributed by atoms with Gasteiger partial charge in [-0.1, -0.05) is 12.1 Å². The largest absolute Gasteiger partial charge is 0.352 e. The van der Waals surface area contributed by atoms with Crippen molar-refractivity contribution in [2.45, 2.75) is 19.8 Å². The molecule has 1 rings (SSSR count). The molecule has 1 aromatic rings. The van der Waals surface area contributed by atoms with E-state index in [1.807, 2.05) is 25.1 Å². The van der Waals surface area contributed by atoms with Crippen LogP contribution in [0, 0.1) is 10.5 Å². The fourth-order valence-corrected chi connectivity index (χ4v) is 2.28. The molecule has 0 aliphatic rings. The van der Waals surface area contributed by atoms with Crippen molar-refractivity contribution < 1.29 is 4.79 Å². The molecule has 100 valence electrons. The Bertz CT molecular complexity index is 405. The molecule has 0 spiro atoms. The SMILES string of the molecule is Cc1cccc(C(=O)NCCCCN(C)C)c1I. The summed E-state index contributed by atoms with van der Waals surface area (Å²) in [6.45, 7) is 3.84. The Balaban J connectivity index is 2.39. The lowest BCUT2D eigenvalue weighted by Crippen LogP contribution is -2.26. The Morgan fingerprint density at radius 1 is 1.33 bits per heavy atom. The van der Waals surface area contributed by atoms with E-state index in [9.17, 15) is 4.79 Å². The Labute approximate surface area is 123 Å². The number of aryl methyl sites for hydroxylation is 1. The van der Waals surface area contributed by atoms with Gasteiger partial charge in [-0.3, -0.25) is 4.79 Å². The number of halogens is 1. The summed E-state index contributed by atoms with van der Waals surface area (Å²) in [5.74, 6) is 0.0351. The summed E-state index contributed by atoms with van der Waals surface area (Å²) in [7, 11) is 4.13. The summed E-state index contributed by atoms with van der Waals surface area (Å²) < 4.78 is 1.04. The molecule has 1 aromatic carbocycles. The maximum atomic E-state index is 12.0. The van der Waals surface area contributed by atoms with Gasteiger partial charge in [-0.15, -0.1) is 0 Å². The molecule has 1 N–H and O–H groups in total. The van der Waals surface area contributed by atoms with Crippen LogP contribution < -0.4 is 5.32 Å². The second kappa shape index (κ2) is 7.74. The standard InChI is InChI=1S/C14H21IN2O/c1-11-7-6-8-12(13(11)15)14(18)16-9-4-5-10-17(2)3/h6-8H,4-5,9-10H2,1-3H3,(H,16,18). The fourth-order valence-electron chi connectivity index (χ4n) is 1.67. The topological polar surface area (TPSA) is 32.3 Å². The van der Waals surface area contributed by atoms with Crippen molar-refractivity contribution >= 4 is 28.5 Å². The third-order valence-corrected chi connectivity index (χ3v) is 4.19. The van der Waals surface area contributed by atoms with Crippen molar-refractivity contribution in [1.82, 2.24) is 10.2 Å². The number of unbranched alkanes of at least 4 members (excludes halogenated alkanes) is 1. The van der Waals surface area contributed by atoms with Crippen LogP contribution in [0.25, 0.3) is 0 Å². The van der Waals surface area contributed by atoms with Crippen molar-refractivity contribution in [2.75, 3.05) is 27.2 Å². The summed E-state index contributed by atoms with van der Waals surface area (Å²) in [6, 6.07) is 5.83. The number of nitrogens with one attached hydrogen (secondary N) is 1. The minimum atomic E-state index is 0.0351. The van der Waals surface area contributed by atoms with E-state index >= 15 is 0 Å². The molecule has 0 saturated heterocycles. The summed E-state index contributed by atoms with van der Waals surface area (Å²) in [4.78, 5) is 14.1. The normalized spacial score (nSPS) is 10.7. The van der Waals surface area contributed by atoms with Crippen LogP contribution in [-0.2, 0) is 0 Å². The number of rotatable bonds is 6. The van der Waals surface area contributed by atoms with Crippen LogP contribution in [0.1, 0.15) is 28.8 Å². The molecular formula is C14H21IN2O. The zero-order chi connectivity index (χ0) is 13.5. The second-order valence-electron chi connectivity index (χ2n) is 4.70. The van der Waals surface area contributed by atoms with Crippen LogP contribution in [-0.4, -0.2) is 38.0 Å². The first-order chi connectivity index (χ1) is 8.52. The molecule has 0 bridgehead atoms. The Morgan fingerprint density at radius 2 is 2.06 bits per heavy atom. The van der Waals surface area contributed by atoms with Gasteiger partial charge in [0.25, 0.3) is 5.91 Å². The zero-order valence-electron chi connectivity index (χ0n) is 11.3. The minimum absolute atomic E-state index is 0.0351. The maximum absolute atomic E-state index is 12.0. The number of nitrogens with zero attached hydrogens (tertiary/aromatic N) is 1. The van der Waals surface area contributed by atoms with E-state index in [1.54, 1.807) is 0 Å². The average Bonchev–Trinajstić information content (AvgIpc) is 2.31. The van der Waals surface area contributed by atoms with Crippen LogP contribution in [0.15, 0.2) is 18.2 Å². The first-order valence-corrected chi connectivity index (χ1v) is 7.28. The van der Waals surface area contributed by atoms with Gasteiger partial charge in [0.15, 0.2) is 0 Å². The minimum Gasteiger partial charge on any atom is -0.352 e. The zero-order valence-corrected chi connectivity index (χ0v) is 13.5. The van der Waals surface area contributed by atoms with Crippen LogP contribution in [0.2, 0.25) is 0 Å². The first-order valence-electron chi connectivity index (χ1n) is 6.20. The number of amides is 1. The highest BCUT2D eigenvalue weighted by Gasteiger charge is 2.10. The molecule has 0 unspecified atom stereocenters. The number of carbonyl (C=O) groups is 1. The molecular weight excluding hydrogens is 339 g/mol. The van der Waals surface area contributed by atoms with E-state index in [4.69, 9.17) is 0 Å². The predicted molar refractivity (Wildman–Crippen MR) is 84.0 cm³/mol. The summed E-state index contributed by atoms with van der Waals surface area (Å²) in [5, 5.41) is 2.98. The Kier molecular flexibility index (Phi) is 6.63. The number of benzene rings is 1. The molecule has 18 heavy (non-hydrogen) atoms. The van der Waals surface area contributed by atoms with Crippen LogP contribution >= 0.6 is 22.6 Å². The monoisotopic (exact) mass is 360 g/mol. The van der Waals surface area contributed by atoms with Gasteiger partial charge in [0, 0.05) is 10.1 Å². The van der Waals surface area contributed by atoms with E-state index < -0.39 is 0 Å². The number of hydrogen-bond donors (Lipinski definition) is 1. The quantitative estimate of drug-likeness (QED) is 0.625. The van der Waals surface area contributed by atoms with E-state index in [0.29, 0.717) is 0 Å². The highest BCUT2D eigenvalue weighted by atomic mass is 127. The summed E-state index contributed by atoms with van der Waals surface area (Å²) in [5.41, 5.74) is 1.93. The van der Waals surface area contributed by atoms with Gasteiger partial charge in [0.1, 0.15) is 0 Å². The van der Waals surface area contributed by atoms with Crippen LogP contribution in [0.4, 0.5) is 0 Å². The van der Waals surface area contributed by atoms with E-state index in [-0.39, 0.29) is 5.91 Å². The van der Waals surface area contributed by atoms with Crippen molar-refractivity contribution in [3.05, 3.63) is 32.9 Å². The average molecular weight is 360 g/mol. The molecule has 0 aliphatic carbocycles. The first kappa shape index (κ1) is 15.4. The third kappa shape index (κ3) is 4.94. The molecule has 0 radical (unpaired) electrons. The maximum Gasteiger partial charge on any atom is 0.252 e. The van der Waals surface area contributed by atoms with E-state index in [0.717, 1.165) is 40.6 Å². The molecule has 0 saturated carbocycles. The van der Waals surface area contributed by atoms with Crippen molar-refractivity contribution in [3.8, 4) is 0 Å². The number of carbonyl (C=O) groups excluding carboxylic acids is 1. The molecule has 0 aromatic heterocycles. The van der Waals surface area contributed by atoms with Gasteiger partial charge < -0.3 is 10.2 Å². The molecule has 4 heteroatoms. The van der Waals surface area contributed by atoms with Gasteiger partial charge in [-0.25, -0.2) is 0 Å². The van der Waals surface area contributed by atoms with Gasteiger partial charge >= 0.3 is 0 Å². The molecule has 0 fully saturated rings. The second-order valence-corrected chi connectivity index (χ2v) is 5.78. The van der Waals surface area contributed by atoms with Gasteiger partial charge in [0.2, 0.25) is 0 Å². The lowest BCUT2D eigenvalue weighted by Gasteiger charge is -2.10. The summed E-state index contributed by atoms with van der Waals surface area (Å²) >= 11 is 2.23. The third-order valence-electron chi connectivity index (χ3n) is 2.75. The van der Waals surface area contributed by atoms with Crippen molar-refractivity contribution in [1.29, 1.82) is 0 Å². The smallest absolute Gasteiger partial charge is 0.252 e. The van der Waals surface area contributed by atoms with E-state index in [2.05, 4.69) is 46.9 Å². The fraction of sp³-hybridized carbons (Fsp3) is 0.500.